The van der Waals surface area contributed by atoms with Crippen LogP contribution in [0.25, 0.3) is 0 Å². The lowest BCUT2D eigenvalue weighted by Crippen LogP contribution is -2.62. The maximum Gasteiger partial charge on any atom is 0.410 e. The second-order valence-corrected chi connectivity index (χ2v) is 31.7. The van der Waals surface area contributed by atoms with Crippen LogP contribution in [0.3, 0.4) is 0 Å². The van der Waals surface area contributed by atoms with Gasteiger partial charge in [-0.05, 0) is 128 Å². The van der Waals surface area contributed by atoms with Crippen molar-refractivity contribution in [3.63, 3.8) is 0 Å². The second-order valence-electron chi connectivity index (χ2n) is 31.4. The number of aliphatic hydroxyl groups is 4. The Kier molecular flexibility index (Phi) is 46.9. The van der Waals surface area contributed by atoms with Crippen LogP contribution in [0.4, 0.5) is 14.4 Å². The highest BCUT2D eigenvalue weighted by atomic mass is 35.5. The molecule has 43 nitrogen and oxygen atoms in total. The molecule has 44 heteroatoms. The molecule has 0 aromatic rings. The molecule has 12 atom stereocenters. The van der Waals surface area contributed by atoms with Gasteiger partial charge in [0.25, 0.3) is 5.91 Å². The van der Waals surface area contributed by atoms with Gasteiger partial charge < -0.3 is 128 Å². The largest absolute Gasteiger partial charge is 0.479 e. The van der Waals surface area contributed by atoms with Crippen LogP contribution in [0.5, 0.6) is 0 Å². The Bertz CT molecular complexity index is 3470. The number of hydrogen-bond acceptors (Lipinski definition) is 29. The Morgan fingerprint density at radius 2 is 0.941 bits per heavy atom. The maximum atomic E-state index is 15.1. The summed E-state index contributed by atoms with van der Waals surface area (Å²) in [5.41, 5.74) is -3.95. The number of esters is 4. The minimum atomic E-state index is -2.95. The maximum absolute atomic E-state index is 15.1. The normalized spacial score (nSPS) is 21.3. The quantitative estimate of drug-likeness (QED) is 0.00878. The number of ether oxygens (including phenoxy) is 7. The van der Waals surface area contributed by atoms with Crippen molar-refractivity contribution in [3.8, 4) is 0 Å². The first-order valence-electron chi connectivity index (χ1n) is 39.3. The van der Waals surface area contributed by atoms with Crippen LogP contribution in [-0.2, 0) is 105 Å². The van der Waals surface area contributed by atoms with Crippen LogP contribution in [0.2, 0.25) is 0 Å². The van der Waals surface area contributed by atoms with E-state index in [0.29, 0.717) is 25.7 Å². The van der Waals surface area contributed by atoms with Crippen LogP contribution < -0.4 is 69.1 Å². The van der Waals surface area contributed by atoms with Gasteiger partial charge in [-0.1, -0.05) is 70.8 Å². The molecular formula is C75H122ClN13O30. The molecule has 18 N–H and O–H groups in total. The van der Waals surface area contributed by atoms with E-state index < -0.39 is 286 Å². The fourth-order valence-corrected chi connectivity index (χ4v) is 10.6. The molecule has 674 valence electrons. The number of unbranched alkanes of at least 4 members (excludes halogenated alkanes) is 9. The molecule has 0 spiro atoms. The van der Waals surface area contributed by atoms with Crippen LogP contribution in [-0.4, -0.2) is 264 Å². The van der Waals surface area contributed by atoms with Crippen molar-refractivity contribution in [2.75, 3.05) is 52.5 Å². The summed E-state index contributed by atoms with van der Waals surface area (Å²) >= 11 is 5.98. The molecule has 1 saturated heterocycles. The summed E-state index contributed by atoms with van der Waals surface area (Å²) in [6.07, 6.45) is -5.82. The number of aliphatic hydroxyl groups excluding tert-OH is 4. The number of nitrogens with one attached hydrogen (secondary N) is 13. The Balaban J connectivity index is 3.09. The number of rotatable bonds is 38. The van der Waals surface area contributed by atoms with E-state index in [2.05, 4.69) is 65.4 Å². The zero-order chi connectivity index (χ0) is 89.9. The van der Waals surface area contributed by atoms with Crippen LogP contribution in [0, 0.1) is 16.2 Å². The fraction of sp³-hybridized carbons (Fsp3) is 0.733. The molecule has 0 radical (unpaired) electrons. The Morgan fingerprint density at radius 3 is 1.39 bits per heavy atom. The van der Waals surface area contributed by atoms with E-state index in [9.17, 15) is 97.5 Å². The van der Waals surface area contributed by atoms with Crippen molar-refractivity contribution < 1.29 is 145 Å². The number of carbonyl (C=O) groups excluding carboxylic acids is 17. The number of carbonyl (C=O) groups is 18. The van der Waals surface area contributed by atoms with Crippen molar-refractivity contribution >= 4 is 119 Å². The van der Waals surface area contributed by atoms with E-state index in [1.165, 1.54) is 41.5 Å². The third-order valence-electron chi connectivity index (χ3n) is 17.6. The monoisotopic (exact) mass is 1720 g/mol. The predicted octanol–water partition coefficient (Wildman–Crippen LogP) is -1.02. The molecule has 1 heterocycles. The highest BCUT2D eigenvalue weighted by Crippen LogP contribution is 2.21. The van der Waals surface area contributed by atoms with E-state index in [4.69, 9.17) is 44.8 Å². The lowest BCUT2D eigenvalue weighted by Gasteiger charge is -2.29. The average Bonchev–Trinajstić information content (AvgIpc) is 1.62. The smallest absolute Gasteiger partial charge is 0.410 e. The third-order valence-corrected chi connectivity index (χ3v) is 17.9. The van der Waals surface area contributed by atoms with E-state index in [1.807, 2.05) is 10.6 Å². The predicted molar refractivity (Wildman–Crippen MR) is 416 cm³/mol. The van der Waals surface area contributed by atoms with Gasteiger partial charge in [0, 0.05) is 25.7 Å². The third kappa shape index (κ3) is 42.3. The number of carboxylic acid groups (broad SMARTS) is 1. The van der Waals surface area contributed by atoms with Gasteiger partial charge in [-0.3, -0.25) is 62.3 Å². The standard InChI is InChI=1S/C75H122ClN13O30/c1-13-15-16-17-18-19-20-21-22-25-43(91)34-51(93)81-49-37-113-66(106)54(50(92)36-76)88-64(103)55(56(95)65(104)105)89-57(96)44(14-2)82-63(102)53(41(3)90)87-60(99)47(30-33-79-72(112)119-40-116-69(109)75(10,11)12)84-58(97)45(26-23-24-31-77-70(110)117-38-114-67(107)73(4,5)6)83-61(100)48(35-52(94)80-42-27-28-42)86-59(98)46(85-62(49)101)29-32-78-71(111)118-39-115-68(108)74(7,8)9/h14,41-43,45-50,53-56,90-92,95H,13,15-40H2,1-12H3,(H,77,110)(H,78,111)(H,79,112)(H,80,94)(H,81,93)(H,82,102)(H,83,100)(H,84,97)(H,85,101)(H,86,98)(H,87,99)(H,88,103)(H,89,96)(H,104,105)/b44-14+/t41-,43-,45-,46+,47-,48-,49-,50+,53-,54-,55-,56?/m0/s1. The molecule has 1 unspecified atom stereocenters. The average molecular weight is 1720 g/mol. The Hall–Kier alpha value is -10.3. The van der Waals surface area contributed by atoms with E-state index in [0.717, 1.165) is 64.9 Å². The molecule has 1 aliphatic heterocycles. The molecule has 2 aliphatic rings. The van der Waals surface area contributed by atoms with E-state index >= 15 is 14.4 Å². The fourth-order valence-electron chi connectivity index (χ4n) is 10.4. The van der Waals surface area contributed by atoms with Crippen molar-refractivity contribution in [2.45, 2.75) is 284 Å². The van der Waals surface area contributed by atoms with E-state index in [-0.39, 0.29) is 25.8 Å². The first-order valence-corrected chi connectivity index (χ1v) is 39.9. The number of halogens is 1. The molecule has 0 aromatic carbocycles. The highest BCUT2D eigenvalue weighted by molar-refractivity contribution is 6.18. The highest BCUT2D eigenvalue weighted by Gasteiger charge is 2.42. The summed E-state index contributed by atoms with van der Waals surface area (Å²) in [6, 6.07) is -18.0. The summed E-state index contributed by atoms with van der Waals surface area (Å²) in [6.45, 7) is 12.4. The Morgan fingerprint density at radius 1 is 0.504 bits per heavy atom. The molecule has 119 heavy (non-hydrogen) atoms. The second kappa shape index (κ2) is 53.3. The van der Waals surface area contributed by atoms with Gasteiger partial charge in [-0.15, -0.1) is 11.6 Å². The van der Waals surface area contributed by atoms with Gasteiger partial charge in [-0.2, -0.15) is 0 Å². The lowest BCUT2D eigenvalue weighted by atomic mass is 9.97. The van der Waals surface area contributed by atoms with E-state index in [1.54, 1.807) is 20.8 Å². The molecule has 1 saturated carbocycles. The van der Waals surface area contributed by atoms with Crippen LogP contribution >= 0.6 is 11.6 Å². The first-order chi connectivity index (χ1) is 55.7. The molecule has 1 aliphatic carbocycles. The summed E-state index contributed by atoms with van der Waals surface area (Å²) in [5.74, 6) is -20.9. The minimum Gasteiger partial charge on any atom is -0.479 e. The number of carboxylic acids is 1. The summed E-state index contributed by atoms with van der Waals surface area (Å²) < 4.78 is 35.2. The number of allylic oxidation sites excluding steroid dienone is 1. The van der Waals surface area contributed by atoms with Crippen molar-refractivity contribution in [1.82, 2.24) is 69.1 Å². The number of alkyl carbamates (subject to hydrolysis) is 3. The summed E-state index contributed by atoms with van der Waals surface area (Å²) in [5, 5.41) is 83.7. The minimum absolute atomic E-state index is 0.0611. The number of hydrogen-bond donors (Lipinski definition) is 18. The molecule has 0 aromatic heterocycles. The molecule has 13 amide bonds. The SMILES string of the molecule is C/C=C1/NC(=O)[C@H]([C@H](C)O)NC(=O)[C@H](CCNC(=O)OCOC(=O)C(C)(C)C)NC(=O)[C@H](CCCCNC(=O)OCOC(=O)C(C)(C)C)NC(=O)[C@H](CC(=O)NC2CC2)NC(=O)[C@@H](CCNC(=O)OCOC(=O)C(C)(C)C)NC(=O)[C@@H](NC(=O)C[C@@H](O)CCCCCCCCCCC)COC(=O)[C@H]([C@H](O)CCl)NC(=O)[C@H](C(O)C(=O)O)NC1=O. The number of aliphatic carboxylic acids is 1. The topological polar surface area (TPSA) is 629 Å². The van der Waals surface area contributed by atoms with Crippen LogP contribution in [0.1, 0.15) is 205 Å². The van der Waals surface area contributed by atoms with Crippen molar-refractivity contribution in [2.24, 2.45) is 16.2 Å². The van der Waals surface area contributed by atoms with Gasteiger partial charge in [0.2, 0.25) is 73.5 Å². The van der Waals surface area contributed by atoms with Gasteiger partial charge >= 0.3 is 48.1 Å². The summed E-state index contributed by atoms with van der Waals surface area (Å²) in [7, 11) is 0. The molecule has 2 rings (SSSR count). The molecule has 0 bridgehead atoms. The number of cyclic esters (lactones) is 1. The van der Waals surface area contributed by atoms with Gasteiger partial charge in [0.05, 0.1) is 53.3 Å². The lowest BCUT2D eigenvalue weighted by molar-refractivity contribution is -0.162. The first kappa shape index (κ1) is 105. The van der Waals surface area contributed by atoms with Gasteiger partial charge in [0.1, 0.15) is 54.6 Å². The van der Waals surface area contributed by atoms with Crippen molar-refractivity contribution in [3.05, 3.63) is 11.8 Å². The number of alkyl halides is 1. The zero-order valence-corrected chi connectivity index (χ0v) is 70.3. The van der Waals surface area contributed by atoms with Crippen LogP contribution in [0.15, 0.2) is 11.8 Å². The Labute approximate surface area is 694 Å². The molecule has 2 fully saturated rings. The zero-order valence-electron chi connectivity index (χ0n) is 69.5. The molecular weight excluding hydrogens is 1600 g/mol. The number of amides is 13. The summed E-state index contributed by atoms with van der Waals surface area (Å²) in [4.78, 5) is 248. The van der Waals surface area contributed by atoms with Gasteiger partial charge in [0.15, 0.2) is 12.1 Å². The van der Waals surface area contributed by atoms with Crippen molar-refractivity contribution in [1.29, 1.82) is 0 Å². The van der Waals surface area contributed by atoms with Gasteiger partial charge in [-0.25, -0.2) is 24.0 Å².